The van der Waals surface area contributed by atoms with E-state index in [0.29, 0.717) is 37.0 Å². The molecule has 1 fully saturated rings. The van der Waals surface area contributed by atoms with Crippen molar-refractivity contribution in [1.82, 2.24) is 14.5 Å². The van der Waals surface area contributed by atoms with Gasteiger partial charge in [0.25, 0.3) is 5.56 Å². The van der Waals surface area contributed by atoms with E-state index in [1.807, 2.05) is 0 Å². The lowest BCUT2D eigenvalue weighted by atomic mass is 9.80. The van der Waals surface area contributed by atoms with E-state index in [4.69, 9.17) is 4.74 Å². The Labute approximate surface area is 184 Å². The van der Waals surface area contributed by atoms with Gasteiger partial charge in [0, 0.05) is 19.6 Å². The molecule has 4 rings (SSSR count). The molecule has 8 heteroatoms. The zero-order valence-electron chi connectivity index (χ0n) is 17.9. The molecule has 0 bridgehead atoms. The van der Waals surface area contributed by atoms with E-state index in [-0.39, 0.29) is 36.4 Å². The van der Waals surface area contributed by atoms with Crippen LogP contribution in [-0.2, 0) is 16.1 Å². The minimum atomic E-state index is -0.447. The molecule has 1 saturated heterocycles. The molecule has 0 radical (unpaired) electrons. The third kappa shape index (κ3) is 4.50. The first-order valence-corrected chi connectivity index (χ1v) is 10.8. The smallest absolute Gasteiger partial charge is 0.328 e. The fourth-order valence-electron chi connectivity index (χ4n) is 4.46. The van der Waals surface area contributed by atoms with Crippen molar-refractivity contribution in [3.8, 4) is 0 Å². The maximum absolute atomic E-state index is 13.4. The Morgan fingerprint density at radius 2 is 1.88 bits per heavy atom. The Morgan fingerprint density at radius 1 is 1.12 bits per heavy atom. The van der Waals surface area contributed by atoms with Crippen molar-refractivity contribution < 1.29 is 13.9 Å². The number of carbonyl (C=O) groups excluding carboxylic acids is 1. The van der Waals surface area contributed by atoms with Gasteiger partial charge in [-0.1, -0.05) is 24.3 Å². The van der Waals surface area contributed by atoms with Crippen molar-refractivity contribution in [2.75, 3.05) is 26.2 Å². The zero-order valence-corrected chi connectivity index (χ0v) is 17.9. The highest BCUT2D eigenvalue weighted by Gasteiger charge is 2.36. The molecule has 0 spiro atoms. The molecular weight excluding hydrogens is 413 g/mol. The van der Waals surface area contributed by atoms with Gasteiger partial charge in [0.05, 0.1) is 23.4 Å². The molecule has 168 valence electrons. The van der Waals surface area contributed by atoms with Gasteiger partial charge in [0.2, 0.25) is 0 Å². The minimum Gasteiger partial charge on any atom is -0.466 e. The van der Waals surface area contributed by atoms with E-state index >= 15 is 0 Å². The minimum absolute atomic E-state index is 0.0716. The number of rotatable bonds is 6. The Hall–Kier alpha value is -3.26. The number of aromatic nitrogens is 2. The number of carbonyl (C=O) groups is 1. The number of nitrogens with zero attached hydrogens (tertiary/aromatic N) is 2. The fraction of sp³-hybridized carbons (Fsp3) is 0.375. The molecule has 0 aliphatic carbocycles. The first-order chi connectivity index (χ1) is 15.5. The predicted molar refractivity (Wildman–Crippen MR) is 119 cm³/mol. The number of piperidine rings is 1. The van der Waals surface area contributed by atoms with Crippen molar-refractivity contribution in [2.45, 2.75) is 25.8 Å². The zero-order chi connectivity index (χ0) is 22.7. The van der Waals surface area contributed by atoms with Crippen LogP contribution in [0.4, 0.5) is 4.39 Å². The second-order valence-electron chi connectivity index (χ2n) is 8.04. The van der Waals surface area contributed by atoms with E-state index in [2.05, 4.69) is 9.88 Å². The molecule has 7 nitrogen and oxygen atoms in total. The summed E-state index contributed by atoms with van der Waals surface area (Å²) in [5.74, 6) is -1.07. The number of benzene rings is 2. The Bertz CT molecular complexity index is 1220. The van der Waals surface area contributed by atoms with Crippen LogP contribution < -0.4 is 11.2 Å². The first kappa shape index (κ1) is 22.0. The molecule has 1 N–H and O–H groups in total. The van der Waals surface area contributed by atoms with Gasteiger partial charge in [-0.3, -0.25) is 14.2 Å². The van der Waals surface area contributed by atoms with Crippen LogP contribution in [0.3, 0.4) is 0 Å². The van der Waals surface area contributed by atoms with E-state index < -0.39 is 11.6 Å². The van der Waals surface area contributed by atoms with Gasteiger partial charge in [0.15, 0.2) is 0 Å². The highest BCUT2D eigenvalue weighted by molar-refractivity contribution is 5.77. The van der Waals surface area contributed by atoms with E-state index in [1.165, 1.54) is 16.7 Å². The van der Waals surface area contributed by atoms with Crippen molar-refractivity contribution >= 4 is 16.9 Å². The van der Waals surface area contributed by atoms with Gasteiger partial charge in [-0.05, 0) is 55.6 Å². The van der Waals surface area contributed by atoms with Crippen LogP contribution in [0, 0.1) is 11.7 Å². The quantitative estimate of drug-likeness (QED) is 0.597. The third-order valence-corrected chi connectivity index (χ3v) is 6.11. The van der Waals surface area contributed by atoms with Gasteiger partial charge in [-0.25, -0.2) is 9.18 Å². The Kier molecular flexibility index (Phi) is 6.50. The topological polar surface area (TPSA) is 84.4 Å². The third-order valence-electron chi connectivity index (χ3n) is 6.11. The second-order valence-corrected chi connectivity index (χ2v) is 8.04. The number of fused-ring (bicyclic) bond motifs is 1. The summed E-state index contributed by atoms with van der Waals surface area (Å²) in [7, 11) is 0. The van der Waals surface area contributed by atoms with Gasteiger partial charge >= 0.3 is 11.7 Å². The summed E-state index contributed by atoms with van der Waals surface area (Å²) in [6, 6.07) is 13.2. The summed E-state index contributed by atoms with van der Waals surface area (Å²) < 4.78 is 19.9. The average Bonchev–Trinajstić information content (AvgIpc) is 2.79. The van der Waals surface area contributed by atoms with Crippen LogP contribution in [0.2, 0.25) is 0 Å². The molecule has 32 heavy (non-hydrogen) atoms. The van der Waals surface area contributed by atoms with Crippen LogP contribution in [0.1, 0.15) is 24.8 Å². The maximum Gasteiger partial charge on any atom is 0.328 e. The largest absolute Gasteiger partial charge is 0.466 e. The Balaban J connectivity index is 1.52. The molecular formula is C24H26FN3O4. The second kappa shape index (κ2) is 9.48. The number of hydrogen-bond donors (Lipinski definition) is 1. The highest BCUT2D eigenvalue weighted by atomic mass is 19.1. The number of likely N-dealkylation sites (tertiary alicyclic amines) is 1. The van der Waals surface area contributed by atoms with Crippen molar-refractivity contribution in [1.29, 1.82) is 0 Å². The number of nitrogens with one attached hydrogen (secondary N) is 1. The summed E-state index contributed by atoms with van der Waals surface area (Å²) in [5, 5.41) is 0.464. The number of H-pyrrole nitrogens is 1. The first-order valence-electron chi connectivity index (χ1n) is 10.8. The summed E-state index contributed by atoms with van der Waals surface area (Å²) in [6.45, 7) is 3.86. The van der Waals surface area contributed by atoms with Crippen LogP contribution >= 0.6 is 0 Å². The van der Waals surface area contributed by atoms with E-state index in [0.717, 1.165) is 5.56 Å². The molecule has 3 aromatic rings. The molecule has 1 aromatic heterocycles. The van der Waals surface area contributed by atoms with Crippen LogP contribution in [-0.4, -0.2) is 46.7 Å². The average molecular weight is 439 g/mol. The van der Waals surface area contributed by atoms with Crippen LogP contribution in [0.25, 0.3) is 10.9 Å². The van der Waals surface area contributed by atoms with E-state index in [1.54, 1.807) is 43.3 Å². The van der Waals surface area contributed by atoms with Crippen molar-refractivity contribution in [3.05, 3.63) is 80.7 Å². The van der Waals surface area contributed by atoms with Gasteiger partial charge in [-0.2, -0.15) is 0 Å². The van der Waals surface area contributed by atoms with Gasteiger partial charge < -0.3 is 14.6 Å². The SMILES string of the molecule is CCOC(=O)[C@@H]1CN(CCn2c(=O)[nH]c3ccccc3c2=O)CC[C@H]1c1ccc(F)cc1. The van der Waals surface area contributed by atoms with Crippen molar-refractivity contribution in [3.63, 3.8) is 0 Å². The highest BCUT2D eigenvalue weighted by Crippen LogP contribution is 2.34. The molecule has 0 unspecified atom stereocenters. The number of aromatic amines is 1. The molecule has 0 amide bonds. The number of ether oxygens (including phenoxy) is 1. The number of esters is 1. The number of halogens is 1. The standard InChI is InChI=1S/C24H26FN3O4/c1-2-32-23(30)20-15-27(12-11-18(20)16-7-9-17(25)10-8-16)13-14-28-22(29)19-5-3-4-6-21(19)26-24(28)31/h3-10,18,20H,2,11-15H2,1H3,(H,26,31)/t18-,20+/m0/s1. The van der Waals surface area contributed by atoms with E-state index in [9.17, 15) is 18.8 Å². The molecule has 0 saturated carbocycles. The maximum atomic E-state index is 13.4. The molecule has 2 heterocycles. The normalized spacial score (nSPS) is 19.2. The van der Waals surface area contributed by atoms with Crippen LogP contribution in [0.5, 0.6) is 0 Å². The molecule has 2 aromatic carbocycles. The lowest BCUT2D eigenvalue weighted by molar-refractivity contribution is -0.150. The summed E-state index contributed by atoms with van der Waals surface area (Å²) >= 11 is 0. The van der Waals surface area contributed by atoms with Crippen LogP contribution in [0.15, 0.2) is 58.1 Å². The summed E-state index contributed by atoms with van der Waals surface area (Å²) in [6.07, 6.45) is 0.693. The summed E-state index contributed by atoms with van der Waals surface area (Å²) in [4.78, 5) is 42.7. The lowest BCUT2D eigenvalue weighted by Gasteiger charge is -2.37. The molecule has 2 atom stereocenters. The molecule has 1 aliphatic heterocycles. The monoisotopic (exact) mass is 439 g/mol. The van der Waals surface area contributed by atoms with Gasteiger partial charge in [0.1, 0.15) is 5.82 Å². The number of para-hydroxylation sites is 1. The van der Waals surface area contributed by atoms with Gasteiger partial charge in [-0.15, -0.1) is 0 Å². The summed E-state index contributed by atoms with van der Waals surface area (Å²) in [5.41, 5.74) is 0.650. The lowest BCUT2D eigenvalue weighted by Crippen LogP contribution is -2.46. The predicted octanol–water partition coefficient (Wildman–Crippen LogP) is 2.50. The fourth-order valence-corrected chi connectivity index (χ4v) is 4.46. The van der Waals surface area contributed by atoms with Crippen molar-refractivity contribution in [2.24, 2.45) is 5.92 Å². The molecule has 1 aliphatic rings. The number of hydrogen-bond acceptors (Lipinski definition) is 5. The Morgan fingerprint density at radius 3 is 2.62 bits per heavy atom.